The number of thiophene rings is 1. The quantitative estimate of drug-likeness (QED) is 0.802. The fraction of sp³-hybridized carbons (Fsp3) is 0.714. The molecule has 0 aromatic carbocycles. The first-order valence-electron chi connectivity index (χ1n) is 7.16. The topological polar surface area (TPSA) is 49.4 Å². The maximum absolute atomic E-state index is 12.4. The summed E-state index contributed by atoms with van der Waals surface area (Å²) >= 11 is 1.32. The van der Waals surface area contributed by atoms with Crippen molar-refractivity contribution >= 4 is 21.4 Å². The number of nitrogens with one attached hydrogen (secondary N) is 1. The normalized spacial score (nSPS) is 16.2. The van der Waals surface area contributed by atoms with Gasteiger partial charge < -0.3 is 5.32 Å². The predicted octanol–water partition coefficient (Wildman–Crippen LogP) is 2.67. The van der Waals surface area contributed by atoms with Crippen LogP contribution in [0.15, 0.2) is 15.7 Å². The molecule has 1 fully saturated rings. The van der Waals surface area contributed by atoms with Crippen LogP contribution in [0.1, 0.15) is 38.7 Å². The van der Waals surface area contributed by atoms with Crippen LogP contribution in [-0.4, -0.2) is 32.4 Å². The zero-order valence-corrected chi connectivity index (χ0v) is 14.1. The van der Waals surface area contributed by atoms with Crippen molar-refractivity contribution in [3.63, 3.8) is 0 Å². The fourth-order valence-electron chi connectivity index (χ4n) is 1.84. The molecule has 1 aromatic rings. The van der Waals surface area contributed by atoms with E-state index in [1.54, 1.807) is 13.1 Å². The number of nitrogens with zero attached hydrogens (tertiary/aromatic N) is 1. The number of hydrogen-bond acceptors (Lipinski definition) is 4. The van der Waals surface area contributed by atoms with E-state index in [2.05, 4.69) is 19.2 Å². The van der Waals surface area contributed by atoms with E-state index in [4.69, 9.17) is 0 Å². The van der Waals surface area contributed by atoms with Gasteiger partial charge in [-0.2, -0.15) is 0 Å². The van der Waals surface area contributed by atoms with Gasteiger partial charge in [-0.3, -0.25) is 0 Å². The first-order chi connectivity index (χ1) is 9.39. The highest BCUT2D eigenvalue weighted by molar-refractivity contribution is 7.91. The van der Waals surface area contributed by atoms with Crippen LogP contribution in [0.4, 0.5) is 0 Å². The van der Waals surface area contributed by atoms with E-state index in [0.29, 0.717) is 22.7 Å². The van der Waals surface area contributed by atoms with Crippen LogP contribution in [0.3, 0.4) is 0 Å². The molecule has 0 aliphatic heterocycles. The minimum absolute atomic E-state index is 0.455. The molecule has 1 aliphatic rings. The zero-order valence-electron chi connectivity index (χ0n) is 12.4. The molecule has 20 heavy (non-hydrogen) atoms. The largest absolute Gasteiger partial charge is 0.310 e. The maximum atomic E-state index is 12.4. The molecule has 1 N–H and O–H groups in total. The second-order valence-electron chi connectivity index (χ2n) is 5.94. The Balaban J connectivity index is 1.96. The van der Waals surface area contributed by atoms with E-state index in [-0.39, 0.29) is 0 Å². The summed E-state index contributed by atoms with van der Waals surface area (Å²) in [7, 11) is -1.65. The molecule has 0 atom stereocenters. The molecular weight excluding hydrogens is 292 g/mol. The van der Waals surface area contributed by atoms with Crippen LogP contribution >= 0.6 is 11.3 Å². The first-order valence-corrected chi connectivity index (χ1v) is 9.48. The summed E-state index contributed by atoms with van der Waals surface area (Å²) in [5, 5.41) is 5.35. The minimum Gasteiger partial charge on any atom is -0.310 e. The molecule has 1 saturated carbocycles. The third kappa shape index (κ3) is 4.28. The van der Waals surface area contributed by atoms with Crippen molar-refractivity contribution in [2.75, 3.05) is 13.6 Å². The lowest BCUT2D eigenvalue weighted by Gasteiger charge is -2.16. The van der Waals surface area contributed by atoms with Gasteiger partial charge >= 0.3 is 0 Å². The minimum atomic E-state index is -3.31. The van der Waals surface area contributed by atoms with Gasteiger partial charge in [-0.05, 0) is 42.2 Å². The third-order valence-electron chi connectivity index (χ3n) is 3.49. The molecule has 0 radical (unpaired) electrons. The lowest BCUT2D eigenvalue weighted by Crippen LogP contribution is -2.28. The summed E-state index contributed by atoms with van der Waals surface area (Å²) in [4.78, 5) is 0. The Morgan fingerprint density at radius 3 is 2.75 bits per heavy atom. The molecule has 0 amide bonds. The highest BCUT2D eigenvalue weighted by Gasteiger charge is 2.24. The summed E-state index contributed by atoms with van der Waals surface area (Å²) in [6.45, 7) is 5.56. The molecule has 2 rings (SSSR count). The highest BCUT2D eigenvalue weighted by Crippen LogP contribution is 2.25. The Kier molecular flexibility index (Phi) is 5.23. The van der Waals surface area contributed by atoms with Crippen molar-refractivity contribution in [3.8, 4) is 0 Å². The average molecular weight is 316 g/mol. The van der Waals surface area contributed by atoms with Gasteiger partial charge in [0, 0.05) is 26.2 Å². The van der Waals surface area contributed by atoms with E-state index < -0.39 is 10.0 Å². The van der Waals surface area contributed by atoms with Crippen molar-refractivity contribution in [2.24, 2.45) is 5.92 Å². The van der Waals surface area contributed by atoms with Gasteiger partial charge in [0.05, 0.1) is 0 Å². The highest BCUT2D eigenvalue weighted by atomic mass is 32.2. The van der Waals surface area contributed by atoms with Crippen LogP contribution in [0, 0.1) is 5.92 Å². The van der Waals surface area contributed by atoms with E-state index >= 15 is 0 Å². The van der Waals surface area contributed by atoms with E-state index in [0.717, 1.165) is 18.5 Å². The fourth-order valence-corrected chi connectivity index (χ4v) is 4.45. The molecule has 0 saturated heterocycles. The van der Waals surface area contributed by atoms with Crippen LogP contribution in [0.5, 0.6) is 0 Å². The molecule has 1 aromatic heterocycles. The predicted molar refractivity (Wildman–Crippen MR) is 83.5 cm³/mol. The summed E-state index contributed by atoms with van der Waals surface area (Å²) in [5.74, 6) is 0.509. The zero-order chi connectivity index (χ0) is 14.8. The Bertz CT molecular complexity index is 533. The van der Waals surface area contributed by atoms with Crippen LogP contribution < -0.4 is 5.32 Å². The van der Waals surface area contributed by atoms with E-state index in [1.165, 1.54) is 28.5 Å². The van der Waals surface area contributed by atoms with Crippen LogP contribution in [-0.2, 0) is 16.6 Å². The van der Waals surface area contributed by atoms with Crippen molar-refractivity contribution < 1.29 is 8.42 Å². The van der Waals surface area contributed by atoms with Gasteiger partial charge in [-0.1, -0.05) is 13.8 Å². The van der Waals surface area contributed by atoms with Gasteiger partial charge in [-0.25, -0.2) is 12.7 Å². The molecule has 1 aliphatic carbocycles. The Morgan fingerprint density at radius 1 is 1.45 bits per heavy atom. The third-order valence-corrected chi connectivity index (χ3v) is 6.81. The van der Waals surface area contributed by atoms with E-state index in [1.807, 2.05) is 5.38 Å². The summed E-state index contributed by atoms with van der Waals surface area (Å²) in [6, 6.07) is 2.45. The second kappa shape index (κ2) is 6.56. The molecule has 0 spiro atoms. The number of sulfonamides is 1. The number of rotatable bonds is 8. The molecule has 114 valence electrons. The van der Waals surface area contributed by atoms with Crippen LogP contribution in [0.25, 0.3) is 0 Å². The van der Waals surface area contributed by atoms with E-state index in [9.17, 15) is 8.42 Å². The molecule has 6 heteroatoms. The smallest absolute Gasteiger partial charge is 0.252 e. The molecule has 0 unspecified atom stereocenters. The lowest BCUT2D eigenvalue weighted by molar-refractivity contribution is 0.429. The number of hydrogen-bond donors (Lipinski definition) is 1. The van der Waals surface area contributed by atoms with Crippen LogP contribution in [0.2, 0.25) is 0 Å². The van der Waals surface area contributed by atoms with Gasteiger partial charge in [-0.15, -0.1) is 11.3 Å². The van der Waals surface area contributed by atoms with Gasteiger partial charge in [0.2, 0.25) is 0 Å². The Labute approximate surface area is 126 Å². The van der Waals surface area contributed by atoms with Crippen molar-refractivity contribution in [3.05, 3.63) is 17.0 Å². The van der Waals surface area contributed by atoms with Crippen molar-refractivity contribution in [1.29, 1.82) is 0 Å². The van der Waals surface area contributed by atoms with Gasteiger partial charge in [0.15, 0.2) is 0 Å². The standard InChI is InChI=1S/C14H24N2O2S2/c1-11(2)6-7-16(3)20(17,18)14-8-12(10-19-14)9-15-13-4-5-13/h8,10-11,13,15H,4-7,9H2,1-3H3. The first kappa shape index (κ1) is 15.9. The van der Waals surface area contributed by atoms with Crippen molar-refractivity contribution in [2.45, 2.75) is 49.9 Å². The summed E-state index contributed by atoms with van der Waals surface area (Å²) in [5.41, 5.74) is 1.07. The molecule has 0 bridgehead atoms. The van der Waals surface area contributed by atoms with Gasteiger partial charge in [0.25, 0.3) is 10.0 Å². The average Bonchev–Trinajstić information content (AvgIpc) is 3.09. The Morgan fingerprint density at radius 2 is 2.15 bits per heavy atom. The molecule has 1 heterocycles. The van der Waals surface area contributed by atoms with Crippen molar-refractivity contribution in [1.82, 2.24) is 9.62 Å². The molecular formula is C14H24N2O2S2. The monoisotopic (exact) mass is 316 g/mol. The second-order valence-corrected chi connectivity index (χ2v) is 9.12. The Hall–Kier alpha value is -0.430. The lowest BCUT2D eigenvalue weighted by atomic mass is 10.1. The maximum Gasteiger partial charge on any atom is 0.252 e. The molecule has 4 nitrogen and oxygen atoms in total. The summed E-state index contributed by atoms with van der Waals surface area (Å²) < 4.78 is 26.8. The SMILES string of the molecule is CC(C)CCN(C)S(=O)(=O)c1cc(CNC2CC2)cs1. The summed E-state index contributed by atoms with van der Waals surface area (Å²) in [6.07, 6.45) is 3.37. The van der Waals surface area contributed by atoms with Gasteiger partial charge in [0.1, 0.15) is 4.21 Å².